The molecule has 1 heterocycles. The third-order valence-corrected chi connectivity index (χ3v) is 2.90. The third kappa shape index (κ3) is 1.95. The van der Waals surface area contributed by atoms with Crippen molar-refractivity contribution in [2.75, 3.05) is 7.05 Å². The van der Waals surface area contributed by atoms with Crippen LogP contribution in [0, 0.1) is 5.92 Å². The van der Waals surface area contributed by atoms with Crippen molar-refractivity contribution >= 4 is 0 Å². The summed E-state index contributed by atoms with van der Waals surface area (Å²) in [5.74, 6) is 2.94. The Morgan fingerprint density at radius 2 is 2.36 bits per heavy atom. The highest BCUT2D eigenvalue weighted by atomic mass is 16.5. The van der Waals surface area contributed by atoms with Crippen LogP contribution < -0.4 is 5.32 Å². The SMILES string of the molecule is CNC(C)Cc1nc(C2CC2C)no1. The molecule has 14 heavy (non-hydrogen) atoms. The molecule has 3 atom stereocenters. The van der Waals surface area contributed by atoms with Crippen molar-refractivity contribution in [1.29, 1.82) is 0 Å². The summed E-state index contributed by atoms with van der Waals surface area (Å²) in [4.78, 5) is 4.39. The molecular formula is C10H17N3O. The highest BCUT2D eigenvalue weighted by Crippen LogP contribution is 2.45. The van der Waals surface area contributed by atoms with Crippen molar-refractivity contribution in [3.63, 3.8) is 0 Å². The van der Waals surface area contributed by atoms with E-state index < -0.39 is 0 Å². The first-order valence-electron chi connectivity index (χ1n) is 5.20. The van der Waals surface area contributed by atoms with Crippen molar-refractivity contribution in [3.05, 3.63) is 11.7 Å². The Morgan fingerprint density at radius 1 is 1.64 bits per heavy atom. The fraction of sp³-hybridized carbons (Fsp3) is 0.800. The molecule has 4 heteroatoms. The zero-order valence-corrected chi connectivity index (χ0v) is 8.95. The maximum Gasteiger partial charge on any atom is 0.228 e. The lowest BCUT2D eigenvalue weighted by Crippen LogP contribution is -2.23. The van der Waals surface area contributed by atoms with E-state index in [0.29, 0.717) is 12.0 Å². The van der Waals surface area contributed by atoms with Crippen LogP contribution in [0.1, 0.15) is 37.9 Å². The first kappa shape index (κ1) is 9.65. The monoisotopic (exact) mass is 195 g/mol. The second-order valence-corrected chi connectivity index (χ2v) is 4.26. The fourth-order valence-corrected chi connectivity index (χ4v) is 1.55. The molecule has 0 aromatic carbocycles. The minimum absolute atomic E-state index is 0.389. The number of rotatable bonds is 4. The van der Waals surface area contributed by atoms with Crippen molar-refractivity contribution in [2.45, 2.75) is 38.6 Å². The molecule has 1 fully saturated rings. The van der Waals surface area contributed by atoms with Gasteiger partial charge in [0.15, 0.2) is 5.82 Å². The predicted molar refractivity (Wildman–Crippen MR) is 53.0 cm³/mol. The molecule has 0 aliphatic heterocycles. The van der Waals surface area contributed by atoms with E-state index in [2.05, 4.69) is 29.3 Å². The molecular weight excluding hydrogens is 178 g/mol. The van der Waals surface area contributed by atoms with E-state index >= 15 is 0 Å². The third-order valence-electron chi connectivity index (χ3n) is 2.90. The standard InChI is InChI=1S/C10H17N3O/c1-6-4-8(6)10-12-9(14-13-10)5-7(2)11-3/h6-8,11H,4-5H2,1-3H3. The number of likely N-dealkylation sites (N-methyl/N-ethyl adjacent to an activating group) is 1. The molecule has 1 aromatic heterocycles. The topological polar surface area (TPSA) is 51.0 Å². The lowest BCUT2D eigenvalue weighted by Gasteiger charge is -2.04. The van der Waals surface area contributed by atoms with Crippen molar-refractivity contribution in [1.82, 2.24) is 15.5 Å². The van der Waals surface area contributed by atoms with Gasteiger partial charge < -0.3 is 9.84 Å². The minimum atomic E-state index is 0.389. The maximum atomic E-state index is 5.19. The highest BCUT2D eigenvalue weighted by Gasteiger charge is 2.38. The van der Waals surface area contributed by atoms with E-state index in [4.69, 9.17) is 4.52 Å². The normalized spacial score (nSPS) is 27.6. The van der Waals surface area contributed by atoms with Gasteiger partial charge in [0.2, 0.25) is 5.89 Å². The number of nitrogens with one attached hydrogen (secondary N) is 1. The van der Waals surface area contributed by atoms with Crippen LogP contribution in [-0.2, 0) is 6.42 Å². The van der Waals surface area contributed by atoms with E-state index in [9.17, 15) is 0 Å². The summed E-state index contributed by atoms with van der Waals surface area (Å²) < 4.78 is 5.19. The van der Waals surface area contributed by atoms with E-state index in [-0.39, 0.29) is 0 Å². The van der Waals surface area contributed by atoms with Gasteiger partial charge in [-0.15, -0.1) is 0 Å². The molecule has 78 valence electrons. The Morgan fingerprint density at radius 3 is 2.93 bits per heavy atom. The van der Waals surface area contributed by atoms with Crippen molar-refractivity contribution < 1.29 is 4.52 Å². The van der Waals surface area contributed by atoms with Gasteiger partial charge in [-0.05, 0) is 26.3 Å². The van der Waals surface area contributed by atoms with Gasteiger partial charge in [-0.2, -0.15) is 4.98 Å². The van der Waals surface area contributed by atoms with Gasteiger partial charge in [-0.1, -0.05) is 12.1 Å². The first-order chi connectivity index (χ1) is 6.70. The zero-order chi connectivity index (χ0) is 10.1. The second-order valence-electron chi connectivity index (χ2n) is 4.26. The van der Waals surface area contributed by atoms with E-state index in [0.717, 1.165) is 24.1 Å². The Bertz CT molecular complexity index is 310. The van der Waals surface area contributed by atoms with Gasteiger partial charge in [-0.3, -0.25) is 0 Å². The molecule has 1 aliphatic carbocycles. The number of nitrogens with zero attached hydrogens (tertiary/aromatic N) is 2. The quantitative estimate of drug-likeness (QED) is 0.787. The van der Waals surface area contributed by atoms with Crippen molar-refractivity contribution in [2.24, 2.45) is 5.92 Å². The van der Waals surface area contributed by atoms with E-state index in [1.54, 1.807) is 0 Å². The lowest BCUT2D eigenvalue weighted by atomic mass is 10.2. The van der Waals surface area contributed by atoms with Crippen LogP contribution in [-0.4, -0.2) is 23.2 Å². The summed E-state index contributed by atoms with van der Waals surface area (Å²) in [7, 11) is 1.94. The number of aromatic nitrogens is 2. The van der Waals surface area contributed by atoms with Gasteiger partial charge in [0, 0.05) is 18.4 Å². The summed E-state index contributed by atoms with van der Waals surface area (Å²) in [6, 6.07) is 0.389. The Balaban J connectivity index is 1.96. The fourth-order valence-electron chi connectivity index (χ4n) is 1.55. The van der Waals surface area contributed by atoms with Crippen LogP contribution in [0.5, 0.6) is 0 Å². The molecule has 0 radical (unpaired) electrons. The summed E-state index contributed by atoms with van der Waals surface area (Å²) in [6.07, 6.45) is 2.02. The van der Waals surface area contributed by atoms with Crippen LogP contribution in [0.15, 0.2) is 4.52 Å². The molecule has 1 N–H and O–H groups in total. The second kappa shape index (κ2) is 3.69. The maximum absolute atomic E-state index is 5.19. The zero-order valence-electron chi connectivity index (χ0n) is 8.95. The van der Waals surface area contributed by atoms with Gasteiger partial charge in [-0.25, -0.2) is 0 Å². The number of hydrogen-bond donors (Lipinski definition) is 1. The molecule has 1 aromatic rings. The summed E-state index contributed by atoms with van der Waals surface area (Å²) >= 11 is 0. The smallest absolute Gasteiger partial charge is 0.228 e. The van der Waals surface area contributed by atoms with Gasteiger partial charge in [0.05, 0.1) is 0 Å². The highest BCUT2D eigenvalue weighted by molar-refractivity contribution is 5.07. The van der Waals surface area contributed by atoms with E-state index in [1.807, 2.05) is 7.05 Å². The Hall–Kier alpha value is -0.900. The molecule has 3 unspecified atom stereocenters. The first-order valence-corrected chi connectivity index (χ1v) is 5.20. The average Bonchev–Trinajstić information content (AvgIpc) is 2.73. The molecule has 0 saturated heterocycles. The Labute approximate surface area is 84.1 Å². The molecule has 0 amide bonds. The van der Waals surface area contributed by atoms with Crippen molar-refractivity contribution in [3.8, 4) is 0 Å². The molecule has 0 spiro atoms. The largest absolute Gasteiger partial charge is 0.339 e. The summed E-state index contributed by atoms with van der Waals surface area (Å²) in [5, 5.41) is 7.15. The Kier molecular flexibility index (Phi) is 2.54. The predicted octanol–water partition coefficient (Wildman–Crippen LogP) is 1.34. The minimum Gasteiger partial charge on any atom is -0.339 e. The van der Waals surface area contributed by atoms with Crippen LogP contribution in [0.3, 0.4) is 0 Å². The molecule has 1 aliphatic rings. The average molecular weight is 195 g/mol. The van der Waals surface area contributed by atoms with Gasteiger partial charge in [0.25, 0.3) is 0 Å². The molecule has 0 bridgehead atoms. The molecule has 4 nitrogen and oxygen atoms in total. The summed E-state index contributed by atoms with van der Waals surface area (Å²) in [6.45, 7) is 4.32. The van der Waals surface area contributed by atoms with Crippen LogP contribution >= 0.6 is 0 Å². The van der Waals surface area contributed by atoms with Crippen LogP contribution in [0.4, 0.5) is 0 Å². The summed E-state index contributed by atoms with van der Waals surface area (Å²) in [5.41, 5.74) is 0. The van der Waals surface area contributed by atoms with Crippen LogP contribution in [0.2, 0.25) is 0 Å². The number of hydrogen-bond acceptors (Lipinski definition) is 4. The van der Waals surface area contributed by atoms with Crippen LogP contribution in [0.25, 0.3) is 0 Å². The molecule has 1 saturated carbocycles. The lowest BCUT2D eigenvalue weighted by molar-refractivity contribution is 0.360. The van der Waals surface area contributed by atoms with Gasteiger partial charge in [0.1, 0.15) is 0 Å². The molecule has 2 rings (SSSR count). The van der Waals surface area contributed by atoms with E-state index in [1.165, 1.54) is 6.42 Å². The van der Waals surface area contributed by atoms with Gasteiger partial charge >= 0.3 is 0 Å².